The van der Waals surface area contributed by atoms with Crippen molar-refractivity contribution in [2.45, 2.75) is 6.92 Å². The number of anilines is 2. The van der Waals surface area contributed by atoms with Crippen LogP contribution in [-0.4, -0.2) is 32.2 Å². The Labute approximate surface area is 150 Å². The van der Waals surface area contributed by atoms with E-state index in [4.69, 9.17) is 4.74 Å². The Morgan fingerprint density at radius 2 is 1.83 bits per heavy atom. The predicted octanol–water partition coefficient (Wildman–Crippen LogP) is 3.69. The highest BCUT2D eigenvalue weighted by Gasteiger charge is 2.12. The molecule has 1 aliphatic rings. The third kappa shape index (κ3) is 4.03. The summed E-state index contributed by atoms with van der Waals surface area (Å²) in [5.41, 5.74) is 3.83. The Kier molecular flexibility index (Phi) is 5.17. The van der Waals surface area contributed by atoms with Crippen molar-refractivity contribution in [3.8, 4) is 0 Å². The molecule has 0 radical (unpaired) electrons. The number of hydrogen-bond acceptors (Lipinski definition) is 3. The summed E-state index contributed by atoms with van der Waals surface area (Å²) in [6.45, 7) is 5.39. The van der Waals surface area contributed by atoms with Gasteiger partial charge in [0, 0.05) is 33.6 Å². The Hall–Kier alpha value is -1.60. The average Bonchev–Trinajstić information content (AvgIpc) is 2.59. The Morgan fingerprint density at radius 1 is 1.13 bits per heavy atom. The van der Waals surface area contributed by atoms with Crippen LogP contribution in [0.2, 0.25) is 0 Å². The molecule has 120 valence electrons. The number of hydrogen-bond donors (Lipinski definition) is 1. The van der Waals surface area contributed by atoms with Crippen LogP contribution >= 0.6 is 22.6 Å². The van der Waals surface area contributed by atoms with Crippen molar-refractivity contribution in [3.63, 3.8) is 0 Å². The number of morpholine rings is 1. The van der Waals surface area contributed by atoms with E-state index < -0.39 is 0 Å². The lowest BCUT2D eigenvalue weighted by Crippen LogP contribution is -2.36. The Balaban J connectivity index is 1.67. The second-order valence-corrected chi connectivity index (χ2v) is 6.73. The smallest absolute Gasteiger partial charge is 0.255 e. The van der Waals surface area contributed by atoms with E-state index in [1.165, 1.54) is 5.56 Å². The number of rotatable bonds is 3. The largest absolute Gasteiger partial charge is 0.378 e. The van der Waals surface area contributed by atoms with Crippen LogP contribution in [0.1, 0.15) is 15.9 Å². The van der Waals surface area contributed by atoms with Gasteiger partial charge >= 0.3 is 0 Å². The van der Waals surface area contributed by atoms with Crippen LogP contribution in [0.5, 0.6) is 0 Å². The van der Waals surface area contributed by atoms with Gasteiger partial charge in [-0.15, -0.1) is 0 Å². The van der Waals surface area contributed by atoms with E-state index in [9.17, 15) is 4.79 Å². The van der Waals surface area contributed by atoms with Gasteiger partial charge in [-0.25, -0.2) is 0 Å². The number of aryl methyl sites for hydroxylation is 1. The van der Waals surface area contributed by atoms with Crippen LogP contribution < -0.4 is 10.2 Å². The van der Waals surface area contributed by atoms with Crippen molar-refractivity contribution in [1.29, 1.82) is 0 Å². The van der Waals surface area contributed by atoms with E-state index in [2.05, 4.69) is 32.8 Å². The van der Waals surface area contributed by atoms with Gasteiger partial charge < -0.3 is 15.0 Å². The maximum Gasteiger partial charge on any atom is 0.255 e. The molecule has 1 heterocycles. The molecule has 1 amide bonds. The van der Waals surface area contributed by atoms with Gasteiger partial charge in [-0.05, 0) is 71.5 Å². The van der Waals surface area contributed by atoms with Gasteiger partial charge in [-0.1, -0.05) is 6.07 Å². The minimum Gasteiger partial charge on any atom is -0.378 e. The highest BCUT2D eigenvalue weighted by Crippen LogP contribution is 2.20. The van der Waals surface area contributed by atoms with E-state index in [1.54, 1.807) is 0 Å². The molecule has 1 fully saturated rings. The average molecular weight is 422 g/mol. The molecular formula is C18H19IN2O2. The summed E-state index contributed by atoms with van der Waals surface area (Å²) in [5, 5.41) is 2.95. The quantitative estimate of drug-likeness (QED) is 0.768. The number of halogens is 1. The number of nitrogens with one attached hydrogen (secondary N) is 1. The third-order valence-corrected chi connectivity index (χ3v) is 5.10. The molecule has 2 aromatic carbocycles. The first-order chi connectivity index (χ1) is 11.1. The molecule has 0 spiro atoms. The lowest BCUT2D eigenvalue weighted by molar-refractivity contribution is 0.102. The van der Waals surface area contributed by atoms with Crippen LogP contribution in [0.4, 0.5) is 11.4 Å². The highest BCUT2D eigenvalue weighted by molar-refractivity contribution is 14.1. The summed E-state index contributed by atoms with van der Waals surface area (Å²) >= 11 is 2.25. The molecule has 0 saturated carbocycles. The lowest BCUT2D eigenvalue weighted by atomic mass is 10.1. The van der Waals surface area contributed by atoms with E-state index in [-0.39, 0.29) is 5.91 Å². The highest BCUT2D eigenvalue weighted by atomic mass is 127. The van der Waals surface area contributed by atoms with Gasteiger partial charge in [0.1, 0.15) is 0 Å². The van der Waals surface area contributed by atoms with Crippen molar-refractivity contribution in [3.05, 3.63) is 57.2 Å². The molecule has 0 aromatic heterocycles. The normalized spacial score (nSPS) is 14.6. The number of amides is 1. The molecular weight excluding hydrogens is 403 g/mol. The number of benzene rings is 2. The predicted molar refractivity (Wildman–Crippen MR) is 101 cm³/mol. The lowest BCUT2D eigenvalue weighted by Gasteiger charge is -2.28. The van der Waals surface area contributed by atoms with Gasteiger partial charge in [0.05, 0.1) is 13.2 Å². The van der Waals surface area contributed by atoms with Crippen molar-refractivity contribution < 1.29 is 9.53 Å². The fraction of sp³-hybridized carbons (Fsp3) is 0.278. The molecule has 4 nitrogen and oxygen atoms in total. The second kappa shape index (κ2) is 7.31. The summed E-state index contributed by atoms with van der Waals surface area (Å²) in [7, 11) is 0. The van der Waals surface area contributed by atoms with Gasteiger partial charge in [-0.3, -0.25) is 4.79 Å². The minimum atomic E-state index is -0.0814. The summed E-state index contributed by atoms with van der Waals surface area (Å²) in [6.07, 6.45) is 0. The molecule has 1 saturated heterocycles. The molecule has 1 N–H and O–H groups in total. The monoisotopic (exact) mass is 422 g/mol. The van der Waals surface area contributed by atoms with Crippen LogP contribution in [0.3, 0.4) is 0 Å². The number of carbonyl (C=O) groups excluding carboxylic acids is 1. The van der Waals surface area contributed by atoms with Crippen molar-refractivity contribution in [2.75, 3.05) is 36.5 Å². The number of nitrogens with zero attached hydrogens (tertiary/aromatic N) is 1. The number of carbonyl (C=O) groups is 1. The molecule has 1 aliphatic heterocycles. The van der Waals surface area contributed by atoms with Crippen LogP contribution in [0.25, 0.3) is 0 Å². The van der Waals surface area contributed by atoms with Crippen LogP contribution in [0.15, 0.2) is 42.5 Å². The zero-order chi connectivity index (χ0) is 16.2. The molecule has 0 aliphatic carbocycles. The van der Waals surface area contributed by atoms with E-state index in [0.717, 1.165) is 41.2 Å². The summed E-state index contributed by atoms with van der Waals surface area (Å²) in [6, 6.07) is 13.7. The Morgan fingerprint density at radius 3 is 2.48 bits per heavy atom. The molecule has 0 bridgehead atoms. The van der Waals surface area contributed by atoms with E-state index in [1.807, 2.05) is 49.4 Å². The van der Waals surface area contributed by atoms with Gasteiger partial charge in [0.25, 0.3) is 5.91 Å². The van der Waals surface area contributed by atoms with Gasteiger partial charge in [-0.2, -0.15) is 0 Å². The minimum absolute atomic E-state index is 0.0814. The first kappa shape index (κ1) is 16.3. The van der Waals surface area contributed by atoms with Crippen molar-refractivity contribution >= 4 is 39.9 Å². The zero-order valence-corrected chi connectivity index (χ0v) is 15.2. The van der Waals surface area contributed by atoms with Crippen LogP contribution in [-0.2, 0) is 4.74 Å². The molecule has 3 rings (SSSR count). The first-order valence-corrected chi connectivity index (χ1v) is 8.71. The van der Waals surface area contributed by atoms with Gasteiger partial charge in [0.15, 0.2) is 0 Å². The molecule has 0 unspecified atom stereocenters. The summed E-state index contributed by atoms with van der Waals surface area (Å²) in [5.74, 6) is -0.0814. The Bertz CT molecular complexity index is 695. The zero-order valence-electron chi connectivity index (χ0n) is 13.0. The molecule has 5 heteroatoms. The standard InChI is InChI=1S/C18H19IN2O2/c1-13-2-3-14(12-17(13)19)18(22)20-15-4-6-16(7-5-15)21-8-10-23-11-9-21/h2-7,12H,8-11H2,1H3,(H,20,22). The first-order valence-electron chi connectivity index (χ1n) is 7.64. The molecule has 23 heavy (non-hydrogen) atoms. The molecule has 2 aromatic rings. The van der Waals surface area contributed by atoms with Crippen molar-refractivity contribution in [2.24, 2.45) is 0 Å². The van der Waals surface area contributed by atoms with Gasteiger partial charge in [0.2, 0.25) is 0 Å². The van der Waals surface area contributed by atoms with Crippen LogP contribution in [0, 0.1) is 10.5 Å². The van der Waals surface area contributed by atoms with E-state index in [0.29, 0.717) is 5.56 Å². The number of ether oxygens (including phenoxy) is 1. The second-order valence-electron chi connectivity index (χ2n) is 5.56. The maximum atomic E-state index is 12.3. The topological polar surface area (TPSA) is 41.6 Å². The SMILES string of the molecule is Cc1ccc(C(=O)Nc2ccc(N3CCOCC3)cc2)cc1I. The summed E-state index contributed by atoms with van der Waals surface area (Å²) < 4.78 is 6.46. The van der Waals surface area contributed by atoms with E-state index >= 15 is 0 Å². The molecule has 0 atom stereocenters. The van der Waals surface area contributed by atoms with Crippen molar-refractivity contribution in [1.82, 2.24) is 0 Å². The maximum absolute atomic E-state index is 12.3. The third-order valence-electron chi connectivity index (χ3n) is 3.94. The summed E-state index contributed by atoms with van der Waals surface area (Å²) in [4.78, 5) is 14.6. The fourth-order valence-corrected chi connectivity index (χ4v) is 3.03. The fourth-order valence-electron chi connectivity index (χ4n) is 2.51.